The highest BCUT2D eigenvalue weighted by Crippen LogP contribution is 2.33. The van der Waals surface area contributed by atoms with Crippen LogP contribution < -0.4 is 10.1 Å². The lowest BCUT2D eigenvalue weighted by molar-refractivity contribution is -0.274. The summed E-state index contributed by atoms with van der Waals surface area (Å²) in [6, 6.07) is 13.7. The van der Waals surface area contributed by atoms with Crippen LogP contribution in [-0.2, 0) is 0 Å². The van der Waals surface area contributed by atoms with Gasteiger partial charge in [0.1, 0.15) is 11.6 Å². The number of hydrogen-bond donors (Lipinski definition) is 1. The second-order valence-corrected chi connectivity index (χ2v) is 6.70. The van der Waals surface area contributed by atoms with Crippen LogP contribution in [0.2, 0.25) is 0 Å². The molecule has 0 aliphatic carbocycles. The Hall–Kier alpha value is -3.68. The van der Waals surface area contributed by atoms with Crippen molar-refractivity contribution in [3.8, 4) is 28.3 Å². The minimum Gasteiger partial charge on any atom is -0.406 e. The average Bonchev–Trinajstić information content (AvgIpc) is 2.71. The second kappa shape index (κ2) is 7.62. The maximum atomic E-state index is 12.6. The Bertz CT molecular complexity index is 1210. The first-order valence-electron chi connectivity index (χ1n) is 9.10. The zero-order chi connectivity index (χ0) is 21.3. The molecule has 2 aromatic heterocycles. The average molecular weight is 410 g/mol. The summed E-state index contributed by atoms with van der Waals surface area (Å²) in [6.45, 7) is 1.72. The van der Waals surface area contributed by atoms with Crippen LogP contribution in [0.15, 0.2) is 60.9 Å². The van der Waals surface area contributed by atoms with E-state index in [1.807, 2.05) is 30.3 Å². The summed E-state index contributed by atoms with van der Waals surface area (Å²) in [5, 5.41) is 3.82. The third kappa shape index (κ3) is 4.17. The van der Waals surface area contributed by atoms with E-state index in [1.54, 1.807) is 32.4 Å². The van der Waals surface area contributed by atoms with E-state index in [4.69, 9.17) is 0 Å². The molecule has 0 aliphatic heterocycles. The number of pyridine rings is 1. The predicted octanol–water partition coefficient (Wildman–Crippen LogP) is 5.61. The van der Waals surface area contributed by atoms with Gasteiger partial charge in [-0.25, -0.2) is 9.97 Å². The van der Waals surface area contributed by atoms with Gasteiger partial charge in [-0.05, 0) is 60.0 Å². The largest absolute Gasteiger partial charge is 0.573 e. The van der Waals surface area contributed by atoms with Gasteiger partial charge in [-0.2, -0.15) is 0 Å². The molecule has 0 saturated heterocycles. The van der Waals surface area contributed by atoms with Crippen LogP contribution in [0, 0.1) is 6.92 Å². The lowest BCUT2D eigenvalue weighted by Gasteiger charge is -2.13. The van der Waals surface area contributed by atoms with Crippen LogP contribution in [-0.4, -0.2) is 28.4 Å². The molecule has 1 N–H and O–H groups in total. The van der Waals surface area contributed by atoms with E-state index < -0.39 is 6.36 Å². The first-order valence-corrected chi connectivity index (χ1v) is 9.10. The number of aromatic nitrogens is 3. The molecule has 152 valence electrons. The van der Waals surface area contributed by atoms with Crippen LogP contribution in [0.4, 0.5) is 19.0 Å². The van der Waals surface area contributed by atoms with Crippen LogP contribution in [0.3, 0.4) is 0 Å². The number of benzene rings is 2. The minimum atomic E-state index is -4.75. The fourth-order valence-corrected chi connectivity index (χ4v) is 3.23. The molecule has 5 nitrogen and oxygen atoms in total. The molecule has 30 heavy (non-hydrogen) atoms. The molecule has 4 rings (SSSR count). The van der Waals surface area contributed by atoms with E-state index >= 15 is 0 Å². The van der Waals surface area contributed by atoms with Crippen molar-refractivity contribution in [3.63, 3.8) is 0 Å². The molecule has 2 heterocycles. The Labute approximate surface area is 170 Å². The number of fused-ring (bicyclic) bond motifs is 1. The van der Waals surface area contributed by atoms with E-state index in [0.717, 1.165) is 16.5 Å². The van der Waals surface area contributed by atoms with Gasteiger partial charge < -0.3 is 10.1 Å². The van der Waals surface area contributed by atoms with Gasteiger partial charge in [-0.15, -0.1) is 13.2 Å². The number of ether oxygens (including phenoxy) is 1. The van der Waals surface area contributed by atoms with Crippen molar-refractivity contribution < 1.29 is 17.9 Å². The Morgan fingerprint density at radius 3 is 2.47 bits per heavy atom. The van der Waals surface area contributed by atoms with E-state index in [0.29, 0.717) is 28.3 Å². The molecule has 2 aromatic carbocycles. The van der Waals surface area contributed by atoms with Crippen molar-refractivity contribution >= 4 is 16.7 Å². The summed E-state index contributed by atoms with van der Waals surface area (Å²) < 4.78 is 42.0. The summed E-state index contributed by atoms with van der Waals surface area (Å²) in [7, 11) is 1.75. The number of hydrogen-bond acceptors (Lipinski definition) is 5. The summed E-state index contributed by atoms with van der Waals surface area (Å²) in [6.07, 6.45) is -1.39. The van der Waals surface area contributed by atoms with E-state index in [1.165, 1.54) is 12.1 Å². The van der Waals surface area contributed by atoms with E-state index in [9.17, 15) is 13.2 Å². The van der Waals surface area contributed by atoms with Gasteiger partial charge in [-0.3, -0.25) is 4.98 Å². The molecule has 0 saturated carbocycles. The smallest absolute Gasteiger partial charge is 0.406 e. The third-order valence-electron chi connectivity index (χ3n) is 4.47. The predicted molar refractivity (Wildman–Crippen MR) is 109 cm³/mol. The number of aryl methyl sites for hydroxylation is 1. The van der Waals surface area contributed by atoms with Gasteiger partial charge in [0, 0.05) is 30.4 Å². The molecule has 0 bridgehead atoms. The number of rotatable bonds is 4. The zero-order valence-corrected chi connectivity index (χ0v) is 16.2. The number of halogens is 3. The molecular weight excluding hydrogens is 393 g/mol. The second-order valence-electron chi connectivity index (χ2n) is 6.70. The molecule has 4 aromatic rings. The van der Waals surface area contributed by atoms with Crippen molar-refractivity contribution in [2.24, 2.45) is 0 Å². The lowest BCUT2D eigenvalue weighted by atomic mass is 10.0. The highest BCUT2D eigenvalue weighted by Gasteiger charge is 2.31. The Kier molecular flexibility index (Phi) is 4.99. The molecule has 0 amide bonds. The van der Waals surface area contributed by atoms with Crippen molar-refractivity contribution in [1.29, 1.82) is 0 Å². The van der Waals surface area contributed by atoms with Gasteiger partial charge in [0.15, 0.2) is 5.82 Å². The van der Waals surface area contributed by atoms with Crippen LogP contribution in [0.5, 0.6) is 5.75 Å². The first-order chi connectivity index (χ1) is 14.3. The highest BCUT2D eigenvalue weighted by molar-refractivity contribution is 5.94. The first kappa shape index (κ1) is 19.6. The molecule has 0 aliphatic rings. The fraction of sp³-hybridized carbons (Fsp3) is 0.136. The fourth-order valence-electron chi connectivity index (χ4n) is 3.23. The quantitative estimate of drug-likeness (QED) is 0.474. The molecule has 0 radical (unpaired) electrons. The normalized spacial score (nSPS) is 11.5. The van der Waals surface area contributed by atoms with Gasteiger partial charge in [-0.1, -0.05) is 12.1 Å². The monoisotopic (exact) mass is 410 g/mol. The minimum absolute atomic E-state index is 0.255. The van der Waals surface area contributed by atoms with E-state index in [2.05, 4.69) is 25.0 Å². The van der Waals surface area contributed by atoms with Crippen molar-refractivity contribution in [2.45, 2.75) is 13.3 Å². The summed E-state index contributed by atoms with van der Waals surface area (Å²) in [5.41, 5.74) is 3.48. The molecule has 0 unspecified atom stereocenters. The molecule has 0 fully saturated rings. The topological polar surface area (TPSA) is 59.9 Å². The number of nitrogens with one attached hydrogen (secondary N) is 1. The van der Waals surface area contributed by atoms with Crippen molar-refractivity contribution in [3.05, 3.63) is 66.5 Å². The Morgan fingerprint density at radius 2 is 1.77 bits per heavy atom. The van der Waals surface area contributed by atoms with Crippen LogP contribution >= 0.6 is 0 Å². The zero-order valence-electron chi connectivity index (χ0n) is 16.2. The maximum absolute atomic E-state index is 12.6. The van der Waals surface area contributed by atoms with E-state index in [-0.39, 0.29) is 5.75 Å². The van der Waals surface area contributed by atoms with Crippen molar-refractivity contribution in [2.75, 3.05) is 12.4 Å². The number of alkyl halides is 3. The van der Waals surface area contributed by atoms with Crippen LogP contribution in [0.1, 0.15) is 5.56 Å². The van der Waals surface area contributed by atoms with Crippen LogP contribution in [0.25, 0.3) is 33.4 Å². The van der Waals surface area contributed by atoms with Crippen molar-refractivity contribution in [1.82, 2.24) is 15.0 Å². The lowest BCUT2D eigenvalue weighted by Crippen LogP contribution is -2.17. The number of nitrogens with zero attached hydrogens (tertiary/aromatic N) is 3. The maximum Gasteiger partial charge on any atom is 0.573 e. The SMILES string of the molecule is CNc1nc(-c2cccnc2)nc2ccc(-c3cc(C)cc(OC(F)(F)F)c3)cc12. The molecule has 8 heteroatoms. The summed E-state index contributed by atoms with van der Waals surface area (Å²) in [4.78, 5) is 13.3. The third-order valence-corrected chi connectivity index (χ3v) is 4.47. The Balaban J connectivity index is 1.81. The summed E-state index contributed by atoms with van der Waals surface area (Å²) >= 11 is 0. The molecule has 0 atom stereocenters. The standard InChI is InChI=1S/C22H17F3N4O/c1-13-8-16(10-17(9-13)30-22(23,24)25)14-5-6-19-18(11-14)21(26-2)29-20(28-19)15-4-3-7-27-12-15/h3-12H,1-2H3,(H,26,28,29). The molecule has 0 spiro atoms. The molecular formula is C22H17F3N4O. The summed E-state index contributed by atoms with van der Waals surface area (Å²) in [5.74, 6) is 0.888. The van der Waals surface area contributed by atoms with Gasteiger partial charge in [0.2, 0.25) is 0 Å². The number of anilines is 1. The van der Waals surface area contributed by atoms with Gasteiger partial charge >= 0.3 is 6.36 Å². The van der Waals surface area contributed by atoms with Gasteiger partial charge in [0.05, 0.1) is 5.52 Å². The van der Waals surface area contributed by atoms with Gasteiger partial charge in [0.25, 0.3) is 0 Å². The Morgan fingerprint density at radius 1 is 0.933 bits per heavy atom. The highest BCUT2D eigenvalue weighted by atomic mass is 19.4.